The lowest BCUT2D eigenvalue weighted by Crippen LogP contribution is -1.96. The lowest BCUT2D eigenvalue weighted by Gasteiger charge is -2.07. The molecular formula is C19H15NOS2. The van der Waals surface area contributed by atoms with Gasteiger partial charge in [0, 0.05) is 16.5 Å². The van der Waals surface area contributed by atoms with Crippen LogP contribution < -0.4 is 0 Å². The quantitative estimate of drug-likeness (QED) is 0.451. The second-order valence-corrected chi connectivity index (χ2v) is 8.66. The Morgan fingerprint density at radius 3 is 2.48 bits per heavy atom. The molecule has 114 valence electrons. The van der Waals surface area contributed by atoms with E-state index < -0.39 is 9.73 Å². The molecule has 4 heteroatoms. The molecule has 0 saturated heterocycles. The Bertz CT molecular complexity index is 1120. The number of thiophene rings is 1. The first-order valence-corrected chi connectivity index (χ1v) is 10.1. The van der Waals surface area contributed by atoms with Crippen LogP contribution in [-0.2, 0) is 9.73 Å². The molecule has 2 nitrogen and oxygen atoms in total. The first kappa shape index (κ1) is 14.4. The van der Waals surface area contributed by atoms with Gasteiger partial charge in [-0.15, -0.1) is 11.3 Å². The minimum Gasteiger partial charge on any atom is -0.245 e. The fraction of sp³-hybridized carbons (Fsp3) is 0.0526. The zero-order chi connectivity index (χ0) is 15.9. The van der Waals surface area contributed by atoms with Crippen LogP contribution in [0.1, 0.15) is 0 Å². The molecule has 1 atom stereocenters. The average molecular weight is 337 g/mol. The van der Waals surface area contributed by atoms with Gasteiger partial charge in [-0.25, -0.2) is 4.21 Å². The molecular weight excluding hydrogens is 322 g/mol. The van der Waals surface area contributed by atoms with E-state index >= 15 is 0 Å². The number of benzene rings is 3. The van der Waals surface area contributed by atoms with E-state index in [-0.39, 0.29) is 0 Å². The molecule has 0 aliphatic heterocycles. The van der Waals surface area contributed by atoms with Crippen LogP contribution in [0.5, 0.6) is 0 Å². The first-order valence-electron chi connectivity index (χ1n) is 7.31. The molecule has 1 aromatic heterocycles. The zero-order valence-electron chi connectivity index (χ0n) is 12.6. The van der Waals surface area contributed by atoms with Crippen molar-refractivity contribution in [3.63, 3.8) is 0 Å². The van der Waals surface area contributed by atoms with Gasteiger partial charge in [0.15, 0.2) is 0 Å². The number of nitrogens with zero attached hydrogens (tertiary/aromatic N) is 1. The highest BCUT2D eigenvalue weighted by molar-refractivity contribution is 7.93. The van der Waals surface area contributed by atoms with Gasteiger partial charge >= 0.3 is 0 Å². The molecule has 1 unspecified atom stereocenters. The third kappa shape index (κ3) is 2.54. The van der Waals surface area contributed by atoms with Gasteiger partial charge in [0.25, 0.3) is 0 Å². The van der Waals surface area contributed by atoms with Crippen molar-refractivity contribution in [2.45, 2.75) is 4.90 Å². The summed E-state index contributed by atoms with van der Waals surface area (Å²) < 4.78 is 18.8. The van der Waals surface area contributed by atoms with Gasteiger partial charge in [0.05, 0.1) is 20.1 Å². The zero-order valence-corrected chi connectivity index (χ0v) is 14.2. The molecule has 3 aromatic carbocycles. The Kier molecular flexibility index (Phi) is 3.43. The summed E-state index contributed by atoms with van der Waals surface area (Å²) in [6.07, 6.45) is 1.71. The van der Waals surface area contributed by atoms with Crippen LogP contribution in [0.15, 0.2) is 81.4 Å². The standard InChI is InChI=1S/C19H15NOS2/c1-23(21,15-8-3-2-4-9-15)20-18-13-14-7-5-6-10-16(14)17-11-12-22-19(17)18/h2-13H,1H3. The van der Waals surface area contributed by atoms with Crippen molar-refractivity contribution in [2.75, 3.05) is 6.26 Å². The molecule has 0 fully saturated rings. The molecule has 0 saturated carbocycles. The number of rotatable bonds is 2. The van der Waals surface area contributed by atoms with Crippen LogP contribution in [-0.4, -0.2) is 10.5 Å². The van der Waals surface area contributed by atoms with Gasteiger partial charge in [-0.05, 0) is 40.4 Å². The largest absolute Gasteiger partial charge is 0.245 e. The van der Waals surface area contributed by atoms with E-state index in [9.17, 15) is 4.21 Å². The molecule has 0 N–H and O–H groups in total. The third-order valence-corrected chi connectivity index (χ3v) is 6.52. The van der Waals surface area contributed by atoms with Gasteiger partial charge in [-0.1, -0.05) is 42.5 Å². The Hall–Kier alpha value is -2.17. The van der Waals surface area contributed by atoms with Gasteiger partial charge in [-0.2, -0.15) is 4.36 Å². The maximum absolute atomic E-state index is 13.1. The fourth-order valence-corrected chi connectivity index (χ4v) is 5.00. The van der Waals surface area contributed by atoms with Crippen molar-refractivity contribution in [1.29, 1.82) is 0 Å². The molecule has 0 amide bonds. The maximum Gasteiger partial charge on any atom is 0.0918 e. The van der Waals surface area contributed by atoms with Gasteiger partial charge in [0.1, 0.15) is 0 Å². The summed E-state index contributed by atoms with van der Waals surface area (Å²) >= 11 is 1.65. The fourth-order valence-electron chi connectivity index (χ4n) is 2.78. The molecule has 0 aliphatic carbocycles. The van der Waals surface area contributed by atoms with Crippen LogP contribution in [0.25, 0.3) is 20.9 Å². The van der Waals surface area contributed by atoms with Crippen LogP contribution in [0, 0.1) is 0 Å². The first-order chi connectivity index (χ1) is 11.1. The summed E-state index contributed by atoms with van der Waals surface area (Å²) in [5.74, 6) is 0. The van der Waals surface area contributed by atoms with E-state index in [1.165, 1.54) is 10.8 Å². The van der Waals surface area contributed by atoms with Crippen LogP contribution in [0.2, 0.25) is 0 Å². The highest BCUT2D eigenvalue weighted by Gasteiger charge is 2.11. The van der Waals surface area contributed by atoms with E-state index in [2.05, 4.69) is 27.9 Å². The van der Waals surface area contributed by atoms with Crippen molar-refractivity contribution < 1.29 is 4.21 Å². The highest BCUT2D eigenvalue weighted by atomic mass is 32.2. The van der Waals surface area contributed by atoms with Crippen molar-refractivity contribution in [3.05, 3.63) is 72.1 Å². The van der Waals surface area contributed by atoms with Gasteiger partial charge in [-0.3, -0.25) is 0 Å². The lowest BCUT2D eigenvalue weighted by atomic mass is 10.1. The number of hydrogen-bond acceptors (Lipinski definition) is 3. The van der Waals surface area contributed by atoms with E-state index in [1.54, 1.807) is 17.6 Å². The van der Waals surface area contributed by atoms with Crippen LogP contribution in [0.3, 0.4) is 0 Å². The summed E-state index contributed by atoms with van der Waals surface area (Å²) in [6.45, 7) is 0. The minimum absolute atomic E-state index is 0.762. The molecule has 0 radical (unpaired) electrons. The number of hydrogen-bond donors (Lipinski definition) is 0. The smallest absolute Gasteiger partial charge is 0.0918 e. The maximum atomic E-state index is 13.1. The minimum atomic E-state index is -2.47. The summed E-state index contributed by atoms with van der Waals surface area (Å²) in [5.41, 5.74) is 0.810. The predicted molar refractivity (Wildman–Crippen MR) is 100 cm³/mol. The predicted octanol–water partition coefficient (Wildman–Crippen LogP) is 5.84. The Balaban J connectivity index is 2.03. The second-order valence-electron chi connectivity index (χ2n) is 5.49. The molecule has 4 rings (SSSR count). The van der Waals surface area contributed by atoms with E-state index in [0.29, 0.717) is 0 Å². The summed E-state index contributed by atoms with van der Waals surface area (Å²) in [4.78, 5) is 0.762. The lowest BCUT2D eigenvalue weighted by molar-refractivity contribution is 0.681. The van der Waals surface area contributed by atoms with Crippen molar-refractivity contribution in [2.24, 2.45) is 4.36 Å². The second kappa shape index (κ2) is 5.48. The molecule has 0 bridgehead atoms. The van der Waals surface area contributed by atoms with Crippen molar-refractivity contribution >= 4 is 47.6 Å². The highest BCUT2D eigenvalue weighted by Crippen LogP contribution is 2.38. The van der Waals surface area contributed by atoms with E-state index in [4.69, 9.17) is 0 Å². The van der Waals surface area contributed by atoms with Crippen LogP contribution in [0.4, 0.5) is 5.69 Å². The Morgan fingerprint density at radius 2 is 1.65 bits per heavy atom. The normalized spacial score (nSPS) is 14.0. The molecule has 23 heavy (non-hydrogen) atoms. The van der Waals surface area contributed by atoms with E-state index in [0.717, 1.165) is 20.7 Å². The summed E-state index contributed by atoms with van der Waals surface area (Å²) in [5, 5.41) is 5.58. The van der Waals surface area contributed by atoms with Crippen molar-refractivity contribution in [1.82, 2.24) is 0 Å². The molecule has 1 heterocycles. The Morgan fingerprint density at radius 1 is 0.913 bits per heavy atom. The summed E-state index contributed by atoms with van der Waals surface area (Å²) in [7, 11) is -2.47. The van der Waals surface area contributed by atoms with Crippen molar-refractivity contribution in [3.8, 4) is 0 Å². The monoisotopic (exact) mass is 337 g/mol. The molecule has 0 spiro atoms. The average Bonchev–Trinajstić information content (AvgIpc) is 3.06. The topological polar surface area (TPSA) is 29.4 Å². The van der Waals surface area contributed by atoms with E-state index in [1.807, 2.05) is 48.5 Å². The Labute approximate surface area is 139 Å². The summed E-state index contributed by atoms with van der Waals surface area (Å²) in [6, 6.07) is 21.9. The molecule has 0 aliphatic rings. The van der Waals surface area contributed by atoms with Crippen LogP contribution >= 0.6 is 11.3 Å². The van der Waals surface area contributed by atoms with Gasteiger partial charge < -0.3 is 0 Å². The SMILES string of the molecule is CS(=O)(=Nc1cc2ccccc2c2ccsc12)c1ccccc1. The third-order valence-electron chi connectivity index (χ3n) is 3.89. The number of fused-ring (bicyclic) bond motifs is 3. The van der Waals surface area contributed by atoms with Gasteiger partial charge in [0.2, 0.25) is 0 Å². The molecule has 4 aromatic rings.